The van der Waals surface area contributed by atoms with E-state index in [1.165, 1.54) is 0 Å². The molecule has 0 heterocycles. The monoisotopic (exact) mass is 299 g/mol. The van der Waals surface area contributed by atoms with Gasteiger partial charge in [-0.25, -0.2) is 0 Å². The quantitative estimate of drug-likeness (QED) is 0.670. The molecule has 0 aromatic heterocycles. The zero-order valence-corrected chi connectivity index (χ0v) is 13.3. The first kappa shape index (κ1) is 17.3. The first-order valence-electron chi connectivity index (χ1n) is 7.44. The van der Waals surface area contributed by atoms with Crippen LogP contribution in [0.15, 0.2) is 24.3 Å². The fraction of sp³-hybridized carbons (Fsp3) is 0.625. The predicted molar refractivity (Wildman–Crippen MR) is 84.6 cm³/mol. The number of rotatable bonds is 10. The molecule has 114 valence electrons. The van der Waals surface area contributed by atoms with Gasteiger partial charge in [-0.3, -0.25) is 4.90 Å². The van der Waals surface area contributed by atoms with Crippen molar-refractivity contribution in [1.82, 2.24) is 4.90 Å². The molecule has 0 aliphatic heterocycles. The second kappa shape index (κ2) is 10.0. The maximum Gasteiger partial charge on any atom is 0.119 e. The van der Waals surface area contributed by atoms with Crippen molar-refractivity contribution in [2.24, 2.45) is 0 Å². The maximum absolute atomic E-state index is 9.15. The summed E-state index contributed by atoms with van der Waals surface area (Å²) in [6.07, 6.45) is 3.20. The Morgan fingerprint density at radius 2 is 1.80 bits per heavy atom. The van der Waals surface area contributed by atoms with Gasteiger partial charge in [-0.15, -0.1) is 0 Å². The lowest BCUT2D eigenvalue weighted by molar-refractivity contribution is 0.134. The third-order valence-corrected chi connectivity index (χ3v) is 3.77. The molecule has 0 aliphatic rings. The Morgan fingerprint density at radius 3 is 2.35 bits per heavy atom. The van der Waals surface area contributed by atoms with Gasteiger partial charge in [0.2, 0.25) is 0 Å². The van der Waals surface area contributed by atoms with Crippen LogP contribution in [0, 0.1) is 0 Å². The molecule has 0 atom stereocenters. The van der Waals surface area contributed by atoms with Crippen molar-refractivity contribution in [3.05, 3.63) is 29.3 Å². The SMILES string of the molecule is CCC(CC)N(CCO)CCCOc1ccc(Cl)cc1. The van der Waals surface area contributed by atoms with E-state index in [1.54, 1.807) is 0 Å². The fourth-order valence-electron chi connectivity index (χ4n) is 2.40. The van der Waals surface area contributed by atoms with E-state index < -0.39 is 0 Å². The van der Waals surface area contributed by atoms with Crippen molar-refractivity contribution in [1.29, 1.82) is 0 Å². The smallest absolute Gasteiger partial charge is 0.119 e. The Kier molecular flexibility index (Phi) is 8.67. The molecule has 0 aliphatic carbocycles. The van der Waals surface area contributed by atoms with Crippen LogP contribution in [0.4, 0.5) is 0 Å². The standard InChI is InChI=1S/C16H26ClNO2/c1-3-15(4-2)18(11-12-19)10-5-13-20-16-8-6-14(17)7-9-16/h6-9,15,19H,3-5,10-13H2,1-2H3. The summed E-state index contributed by atoms with van der Waals surface area (Å²) in [6, 6.07) is 7.99. The van der Waals surface area contributed by atoms with Crippen molar-refractivity contribution in [2.75, 3.05) is 26.3 Å². The molecular weight excluding hydrogens is 274 g/mol. The molecule has 1 rings (SSSR count). The topological polar surface area (TPSA) is 32.7 Å². The van der Waals surface area contributed by atoms with E-state index in [9.17, 15) is 0 Å². The number of aliphatic hydroxyl groups is 1. The average Bonchev–Trinajstić information content (AvgIpc) is 2.46. The Hall–Kier alpha value is -0.770. The number of benzene rings is 1. The largest absolute Gasteiger partial charge is 0.494 e. The number of aliphatic hydroxyl groups excluding tert-OH is 1. The Morgan fingerprint density at radius 1 is 1.15 bits per heavy atom. The minimum atomic E-state index is 0.217. The van der Waals surface area contributed by atoms with Crippen LogP contribution < -0.4 is 4.74 Å². The van der Waals surface area contributed by atoms with E-state index in [2.05, 4.69) is 18.7 Å². The van der Waals surface area contributed by atoms with Crippen LogP contribution in [0.1, 0.15) is 33.1 Å². The molecule has 0 unspecified atom stereocenters. The molecule has 0 radical (unpaired) electrons. The number of hydrogen-bond donors (Lipinski definition) is 1. The molecule has 1 N–H and O–H groups in total. The van der Waals surface area contributed by atoms with Gasteiger partial charge in [-0.2, -0.15) is 0 Å². The van der Waals surface area contributed by atoms with Crippen LogP contribution in [-0.2, 0) is 0 Å². The fourth-order valence-corrected chi connectivity index (χ4v) is 2.52. The number of hydrogen-bond acceptors (Lipinski definition) is 3. The molecule has 0 fully saturated rings. The van der Waals surface area contributed by atoms with Crippen molar-refractivity contribution < 1.29 is 9.84 Å². The van der Waals surface area contributed by atoms with E-state index in [0.29, 0.717) is 12.6 Å². The summed E-state index contributed by atoms with van der Waals surface area (Å²) >= 11 is 5.83. The van der Waals surface area contributed by atoms with Gasteiger partial charge in [0.05, 0.1) is 13.2 Å². The van der Waals surface area contributed by atoms with E-state index in [0.717, 1.165) is 43.1 Å². The second-order valence-corrected chi connectivity index (χ2v) is 5.32. The molecule has 0 saturated heterocycles. The van der Waals surface area contributed by atoms with Crippen molar-refractivity contribution >= 4 is 11.6 Å². The first-order valence-corrected chi connectivity index (χ1v) is 7.82. The summed E-state index contributed by atoms with van der Waals surface area (Å²) in [7, 11) is 0. The zero-order chi connectivity index (χ0) is 14.8. The highest BCUT2D eigenvalue weighted by molar-refractivity contribution is 6.30. The van der Waals surface area contributed by atoms with Gasteiger partial charge in [-0.1, -0.05) is 25.4 Å². The lowest BCUT2D eigenvalue weighted by Gasteiger charge is -2.29. The third-order valence-electron chi connectivity index (χ3n) is 3.52. The molecular formula is C16H26ClNO2. The summed E-state index contributed by atoms with van der Waals surface area (Å²) in [4.78, 5) is 2.35. The molecule has 20 heavy (non-hydrogen) atoms. The lowest BCUT2D eigenvalue weighted by Crippen LogP contribution is -2.37. The summed E-state index contributed by atoms with van der Waals surface area (Å²) in [5.41, 5.74) is 0. The van der Waals surface area contributed by atoms with Crippen LogP contribution in [0.3, 0.4) is 0 Å². The number of ether oxygens (including phenoxy) is 1. The van der Waals surface area contributed by atoms with E-state index in [1.807, 2.05) is 24.3 Å². The first-order chi connectivity index (χ1) is 9.71. The Balaban J connectivity index is 2.31. The van der Waals surface area contributed by atoms with Crippen LogP contribution in [0.5, 0.6) is 5.75 Å². The second-order valence-electron chi connectivity index (χ2n) is 4.89. The summed E-state index contributed by atoms with van der Waals surface area (Å²) in [6.45, 7) is 7.00. The van der Waals surface area contributed by atoms with Gasteiger partial charge in [0.25, 0.3) is 0 Å². The molecule has 0 bridgehead atoms. The predicted octanol–water partition coefficient (Wildman–Crippen LogP) is 3.59. The number of nitrogens with zero attached hydrogens (tertiary/aromatic N) is 1. The maximum atomic E-state index is 9.15. The molecule has 3 nitrogen and oxygen atoms in total. The highest BCUT2D eigenvalue weighted by atomic mass is 35.5. The van der Waals surface area contributed by atoms with Crippen LogP contribution in [0.25, 0.3) is 0 Å². The van der Waals surface area contributed by atoms with Gasteiger partial charge in [0.15, 0.2) is 0 Å². The molecule has 0 spiro atoms. The normalized spacial score (nSPS) is 11.3. The van der Waals surface area contributed by atoms with E-state index >= 15 is 0 Å². The highest BCUT2D eigenvalue weighted by Crippen LogP contribution is 2.16. The minimum absolute atomic E-state index is 0.217. The van der Waals surface area contributed by atoms with E-state index in [4.69, 9.17) is 21.4 Å². The van der Waals surface area contributed by atoms with Gasteiger partial charge in [0, 0.05) is 24.2 Å². The highest BCUT2D eigenvalue weighted by Gasteiger charge is 2.13. The average molecular weight is 300 g/mol. The Bertz CT molecular complexity index is 352. The summed E-state index contributed by atoms with van der Waals surface area (Å²) < 4.78 is 5.69. The lowest BCUT2D eigenvalue weighted by atomic mass is 10.1. The summed E-state index contributed by atoms with van der Waals surface area (Å²) in [5, 5.41) is 9.87. The van der Waals surface area contributed by atoms with Crippen molar-refractivity contribution in [3.8, 4) is 5.75 Å². The van der Waals surface area contributed by atoms with Crippen LogP contribution in [-0.4, -0.2) is 42.4 Å². The van der Waals surface area contributed by atoms with Gasteiger partial charge >= 0.3 is 0 Å². The molecule has 1 aromatic rings. The Labute approximate surface area is 127 Å². The van der Waals surface area contributed by atoms with Gasteiger partial charge < -0.3 is 9.84 Å². The third kappa shape index (κ3) is 6.12. The molecule has 0 amide bonds. The molecule has 1 aromatic carbocycles. The minimum Gasteiger partial charge on any atom is -0.494 e. The van der Waals surface area contributed by atoms with Gasteiger partial charge in [-0.05, 0) is 43.5 Å². The summed E-state index contributed by atoms with van der Waals surface area (Å²) in [5.74, 6) is 0.852. The van der Waals surface area contributed by atoms with Crippen LogP contribution in [0.2, 0.25) is 5.02 Å². The van der Waals surface area contributed by atoms with Crippen LogP contribution >= 0.6 is 11.6 Å². The number of halogens is 1. The zero-order valence-electron chi connectivity index (χ0n) is 12.5. The molecule has 0 saturated carbocycles. The van der Waals surface area contributed by atoms with Crippen molar-refractivity contribution in [2.45, 2.75) is 39.2 Å². The van der Waals surface area contributed by atoms with E-state index in [-0.39, 0.29) is 6.61 Å². The van der Waals surface area contributed by atoms with Crippen molar-refractivity contribution in [3.63, 3.8) is 0 Å². The van der Waals surface area contributed by atoms with Gasteiger partial charge in [0.1, 0.15) is 5.75 Å². The molecule has 4 heteroatoms.